The third kappa shape index (κ3) is 4.99. The summed E-state index contributed by atoms with van der Waals surface area (Å²) >= 11 is 0. The summed E-state index contributed by atoms with van der Waals surface area (Å²) in [6.07, 6.45) is 1.33. The first-order valence-electron chi connectivity index (χ1n) is 6.66. The lowest BCUT2D eigenvalue weighted by Gasteiger charge is -2.04. The number of hydrogen-bond acceptors (Lipinski definition) is 3. The first-order chi connectivity index (χ1) is 11.1. The van der Waals surface area contributed by atoms with E-state index in [4.69, 9.17) is 0 Å². The number of rotatable bonds is 5. The number of hydrazone groups is 1. The summed E-state index contributed by atoms with van der Waals surface area (Å²) in [6, 6.07) is 11.0. The highest BCUT2D eigenvalue weighted by Gasteiger charge is 2.11. The molecule has 0 aliphatic heterocycles. The van der Waals surface area contributed by atoms with Gasteiger partial charge in [0, 0.05) is 0 Å². The van der Waals surface area contributed by atoms with Gasteiger partial charge in [-0.2, -0.15) is 5.10 Å². The van der Waals surface area contributed by atoms with Crippen LogP contribution in [0.3, 0.4) is 0 Å². The summed E-state index contributed by atoms with van der Waals surface area (Å²) < 4.78 is 26.1. The molecular formula is C16H13F2N3O2. The molecule has 0 aliphatic rings. The SMILES string of the molecule is O=C(CNC(=O)c1ccccc1F)N/N=C/c1ccc(F)cc1. The van der Waals surface area contributed by atoms with Crippen LogP contribution in [0.25, 0.3) is 0 Å². The van der Waals surface area contributed by atoms with Crippen molar-refractivity contribution in [3.8, 4) is 0 Å². The molecule has 0 fully saturated rings. The van der Waals surface area contributed by atoms with Gasteiger partial charge in [-0.3, -0.25) is 9.59 Å². The van der Waals surface area contributed by atoms with Crippen LogP contribution >= 0.6 is 0 Å². The predicted octanol–water partition coefficient (Wildman–Crippen LogP) is 1.84. The topological polar surface area (TPSA) is 70.6 Å². The molecule has 0 unspecified atom stereocenters. The van der Waals surface area contributed by atoms with Crippen LogP contribution in [0.4, 0.5) is 8.78 Å². The van der Waals surface area contributed by atoms with Crippen LogP contribution in [-0.2, 0) is 4.79 Å². The Morgan fingerprint density at radius 2 is 1.74 bits per heavy atom. The highest BCUT2D eigenvalue weighted by Crippen LogP contribution is 2.05. The van der Waals surface area contributed by atoms with Crippen LogP contribution in [0.5, 0.6) is 0 Å². The summed E-state index contributed by atoms with van der Waals surface area (Å²) in [5.74, 6) is -2.31. The second kappa shape index (κ2) is 7.79. The fourth-order valence-electron chi connectivity index (χ4n) is 1.67. The fraction of sp³-hybridized carbons (Fsp3) is 0.0625. The first kappa shape index (κ1) is 16.3. The molecule has 118 valence electrons. The van der Waals surface area contributed by atoms with E-state index in [2.05, 4.69) is 15.8 Å². The highest BCUT2D eigenvalue weighted by atomic mass is 19.1. The number of halogens is 2. The Bertz CT molecular complexity index is 730. The summed E-state index contributed by atoms with van der Waals surface area (Å²) in [6.45, 7) is -0.353. The van der Waals surface area contributed by atoms with E-state index in [-0.39, 0.29) is 17.9 Å². The average molecular weight is 317 g/mol. The van der Waals surface area contributed by atoms with E-state index in [0.717, 1.165) is 6.07 Å². The van der Waals surface area contributed by atoms with Crippen molar-refractivity contribution in [1.29, 1.82) is 0 Å². The number of carbonyl (C=O) groups excluding carboxylic acids is 2. The smallest absolute Gasteiger partial charge is 0.259 e. The lowest BCUT2D eigenvalue weighted by Crippen LogP contribution is -2.35. The summed E-state index contributed by atoms with van der Waals surface area (Å²) in [5, 5.41) is 5.95. The van der Waals surface area contributed by atoms with Gasteiger partial charge in [0.1, 0.15) is 11.6 Å². The number of carbonyl (C=O) groups is 2. The molecule has 0 saturated carbocycles. The minimum Gasteiger partial charge on any atom is -0.343 e. The van der Waals surface area contributed by atoms with Crippen molar-refractivity contribution in [3.05, 3.63) is 71.3 Å². The van der Waals surface area contributed by atoms with Crippen molar-refractivity contribution in [2.75, 3.05) is 6.54 Å². The van der Waals surface area contributed by atoms with Gasteiger partial charge in [0.05, 0.1) is 18.3 Å². The molecule has 23 heavy (non-hydrogen) atoms. The predicted molar refractivity (Wildman–Crippen MR) is 80.9 cm³/mol. The van der Waals surface area contributed by atoms with Gasteiger partial charge in [-0.05, 0) is 29.8 Å². The van der Waals surface area contributed by atoms with Crippen molar-refractivity contribution < 1.29 is 18.4 Å². The largest absolute Gasteiger partial charge is 0.343 e. The maximum Gasteiger partial charge on any atom is 0.259 e. The molecule has 5 nitrogen and oxygen atoms in total. The molecule has 0 atom stereocenters. The van der Waals surface area contributed by atoms with Gasteiger partial charge in [-0.25, -0.2) is 14.2 Å². The second-order valence-corrected chi connectivity index (χ2v) is 4.51. The van der Waals surface area contributed by atoms with Crippen molar-refractivity contribution in [3.63, 3.8) is 0 Å². The van der Waals surface area contributed by atoms with Crippen molar-refractivity contribution >= 4 is 18.0 Å². The van der Waals surface area contributed by atoms with Crippen LogP contribution < -0.4 is 10.7 Å². The standard InChI is InChI=1S/C16H13F2N3O2/c17-12-7-5-11(6-8-12)9-20-21-15(22)10-19-16(23)13-3-1-2-4-14(13)18/h1-9H,10H2,(H,19,23)(H,21,22)/b20-9+. The lowest BCUT2D eigenvalue weighted by molar-refractivity contribution is -0.120. The molecule has 2 N–H and O–H groups in total. The Morgan fingerprint density at radius 3 is 2.43 bits per heavy atom. The molecule has 2 amide bonds. The van der Waals surface area contributed by atoms with E-state index in [1.54, 1.807) is 0 Å². The van der Waals surface area contributed by atoms with E-state index < -0.39 is 17.6 Å². The minimum absolute atomic E-state index is 0.143. The Hall–Kier alpha value is -3.09. The summed E-state index contributed by atoms with van der Waals surface area (Å²) in [4.78, 5) is 23.2. The van der Waals surface area contributed by atoms with Gasteiger partial charge in [0.2, 0.25) is 0 Å². The minimum atomic E-state index is -0.694. The van der Waals surface area contributed by atoms with E-state index in [1.165, 1.54) is 48.7 Å². The second-order valence-electron chi connectivity index (χ2n) is 4.51. The highest BCUT2D eigenvalue weighted by molar-refractivity contribution is 5.96. The van der Waals surface area contributed by atoms with Crippen molar-refractivity contribution in [2.24, 2.45) is 5.10 Å². The molecule has 0 aliphatic carbocycles. The molecule has 0 heterocycles. The summed E-state index contributed by atoms with van der Waals surface area (Å²) in [5.41, 5.74) is 2.65. The van der Waals surface area contributed by atoms with Crippen molar-refractivity contribution in [1.82, 2.24) is 10.7 Å². The number of benzene rings is 2. The molecule has 0 bridgehead atoms. The quantitative estimate of drug-likeness (QED) is 0.652. The van der Waals surface area contributed by atoms with Gasteiger partial charge in [-0.15, -0.1) is 0 Å². The third-order valence-electron chi connectivity index (χ3n) is 2.80. The molecular weight excluding hydrogens is 304 g/mol. The molecule has 0 saturated heterocycles. The number of nitrogens with one attached hydrogen (secondary N) is 2. The summed E-state index contributed by atoms with van der Waals surface area (Å²) in [7, 11) is 0. The Balaban J connectivity index is 1.80. The lowest BCUT2D eigenvalue weighted by atomic mass is 10.2. The average Bonchev–Trinajstić information content (AvgIpc) is 2.55. The molecule has 2 rings (SSSR count). The monoisotopic (exact) mass is 317 g/mol. The van der Waals surface area contributed by atoms with Gasteiger partial charge in [-0.1, -0.05) is 24.3 Å². The maximum atomic E-state index is 13.4. The zero-order chi connectivity index (χ0) is 16.7. The maximum absolute atomic E-state index is 13.4. The Morgan fingerprint density at radius 1 is 1.04 bits per heavy atom. The number of amides is 2. The fourth-order valence-corrected chi connectivity index (χ4v) is 1.67. The van der Waals surface area contributed by atoms with E-state index >= 15 is 0 Å². The molecule has 0 spiro atoms. The van der Waals surface area contributed by atoms with Gasteiger partial charge >= 0.3 is 0 Å². The Kier molecular flexibility index (Phi) is 5.51. The van der Waals surface area contributed by atoms with Crippen LogP contribution in [0, 0.1) is 11.6 Å². The zero-order valence-electron chi connectivity index (χ0n) is 11.9. The molecule has 7 heteroatoms. The van der Waals surface area contributed by atoms with Crippen LogP contribution in [0.1, 0.15) is 15.9 Å². The van der Waals surface area contributed by atoms with Gasteiger partial charge in [0.15, 0.2) is 0 Å². The molecule has 0 aromatic heterocycles. The van der Waals surface area contributed by atoms with E-state index in [9.17, 15) is 18.4 Å². The van der Waals surface area contributed by atoms with Gasteiger partial charge in [0.25, 0.3) is 11.8 Å². The van der Waals surface area contributed by atoms with Gasteiger partial charge < -0.3 is 5.32 Å². The zero-order valence-corrected chi connectivity index (χ0v) is 11.9. The van der Waals surface area contributed by atoms with E-state index in [0.29, 0.717) is 5.56 Å². The number of nitrogens with zero attached hydrogens (tertiary/aromatic N) is 1. The van der Waals surface area contributed by atoms with Crippen molar-refractivity contribution in [2.45, 2.75) is 0 Å². The molecule has 0 radical (unpaired) electrons. The normalized spacial score (nSPS) is 10.5. The van der Waals surface area contributed by atoms with E-state index in [1.807, 2.05) is 0 Å². The van der Waals surface area contributed by atoms with Crippen LogP contribution in [0.2, 0.25) is 0 Å². The molecule has 2 aromatic rings. The number of hydrogen-bond donors (Lipinski definition) is 2. The van der Waals surface area contributed by atoms with Crippen LogP contribution in [0.15, 0.2) is 53.6 Å². The third-order valence-corrected chi connectivity index (χ3v) is 2.80. The van der Waals surface area contributed by atoms with Crippen LogP contribution in [-0.4, -0.2) is 24.6 Å². The first-order valence-corrected chi connectivity index (χ1v) is 6.66. The molecule has 2 aromatic carbocycles. The Labute approximate surface area is 131 Å².